The fraction of sp³-hybridized carbons (Fsp3) is 1.00. The molecule has 0 saturated carbocycles. The number of hydroxylamine groups is 2. The van der Waals surface area contributed by atoms with E-state index in [9.17, 15) is 48.3 Å². The first-order valence-corrected chi connectivity index (χ1v) is 3.66. The maximum Gasteiger partial charge on any atom is 0.461 e. The Hall–Kier alpha value is -0.850. The molecule has 13 heteroatoms. The van der Waals surface area contributed by atoms with Gasteiger partial charge in [0, 0.05) is 0 Å². The van der Waals surface area contributed by atoms with E-state index in [1.807, 2.05) is 0 Å². The highest BCUT2D eigenvalue weighted by Gasteiger charge is 2.88. The summed E-state index contributed by atoms with van der Waals surface area (Å²) in [6.07, 6.45) is -12.5. The number of nitrogens with zero attached hydrogens (tertiary/aromatic N) is 1. The molecular formula is C5F11NO. The van der Waals surface area contributed by atoms with Crippen LogP contribution in [0.2, 0.25) is 0 Å². The third-order valence-electron chi connectivity index (χ3n) is 1.80. The normalized spacial score (nSPS) is 24.8. The minimum atomic E-state index is -7.01. The quantitative estimate of drug-likeness (QED) is 0.573. The average molecular weight is 299 g/mol. The predicted molar refractivity (Wildman–Crippen MR) is 28.8 cm³/mol. The topological polar surface area (TPSA) is 12.5 Å². The summed E-state index contributed by atoms with van der Waals surface area (Å²) in [5.41, 5.74) is 0. The standard InChI is InChI=1S/C5F11NO/c6-1(7,2(8,9)10)3(11,12)17-4(13,14)5(15,16)18-17. The highest BCUT2D eigenvalue weighted by molar-refractivity contribution is 4.96. The number of rotatable bonds is 2. The minimum Gasteiger partial charge on any atom is -0.212 e. The van der Waals surface area contributed by atoms with Crippen LogP contribution in [0.15, 0.2) is 0 Å². The average Bonchev–Trinajstić information content (AvgIpc) is 2.12. The van der Waals surface area contributed by atoms with Gasteiger partial charge in [-0.2, -0.15) is 48.3 Å². The molecule has 1 aliphatic heterocycles. The first-order valence-electron chi connectivity index (χ1n) is 3.66. The zero-order chi connectivity index (χ0) is 14.8. The monoisotopic (exact) mass is 299 g/mol. The molecule has 2 nitrogen and oxygen atoms in total. The van der Waals surface area contributed by atoms with Crippen LogP contribution in [0.25, 0.3) is 0 Å². The van der Waals surface area contributed by atoms with Crippen molar-refractivity contribution in [2.45, 2.75) is 30.3 Å². The molecule has 1 saturated heterocycles. The number of hydrogen-bond acceptors (Lipinski definition) is 2. The van der Waals surface area contributed by atoms with E-state index >= 15 is 0 Å². The van der Waals surface area contributed by atoms with Crippen LogP contribution in [0.1, 0.15) is 0 Å². The summed E-state index contributed by atoms with van der Waals surface area (Å²) in [5.74, 6) is -7.01. The highest BCUT2D eigenvalue weighted by atomic mass is 19.4. The molecule has 0 unspecified atom stereocenters. The Labute approximate surface area is 89.8 Å². The third-order valence-corrected chi connectivity index (χ3v) is 1.80. The van der Waals surface area contributed by atoms with E-state index in [-0.39, 0.29) is 0 Å². The lowest BCUT2D eigenvalue weighted by atomic mass is 10.2. The Morgan fingerprint density at radius 2 is 1.17 bits per heavy atom. The van der Waals surface area contributed by atoms with Crippen molar-refractivity contribution < 1.29 is 53.1 Å². The second-order valence-electron chi connectivity index (χ2n) is 3.06. The smallest absolute Gasteiger partial charge is 0.212 e. The van der Waals surface area contributed by atoms with E-state index in [1.165, 1.54) is 0 Å². The molecule has 0 N–H and O–H groups in total. The van der Waals surface area contributed by atoms with Crippen LogP contribution in [0.5, 0.6) is 0 Å². The fourth-order valence-corrected chi connectivity index (χ4v) is 0.838. The molecule has 1 fully saturated rings. The van der Waals surface area contributed by atoms with Crippen molar-refractivity contribution in [2.75, 3.05) is 0 Å². The molecule has 1 rings (SSSR count). The summed E-state index contributed by atoms with van der Waals surface area (Å²) in [4.78, 5) is 2.31. The summed E-state index contributed by atoms with van der Waals surface area (Å²) in [6.45, 7) is 0. The van der Waals surface area contributed by atoms with Gasteiger partial charge in [0.15, 0.2) is 0 Å². The molecule has 0 bridgehead atoms. The third kappa shape index (κ3) is 1.63. The van der Waals surface area contributed by atoms with Crippen LogP contribution < -0.4 is 0 Å². The maximum atomic E-state index is 12.5. The van der Waals surface area contributed by atoms with Crippen LogP contribution in [0.3, 0.4) is 0 Å². The summed E-state index contributed by atoms with van der Waals surface area (Å²) < 4.78 is 132. The fourth-order valence-electron chi connectivity index (χ4n) is 0.838. The molecule has 0 aliphatic carbocycles. The first-order chi connectivity index (χ1) is 7.59. The van der Waals surface area contributed by atoms with Gasteiger partial charge in [0.1, 0.15) is 0 Å². The van der Waals surface area contributed by atoms with Gasteiger partial charge in [-0.3, -0.25) is 0 Å². The molecule has 0 atom stereocenters. The highest BCUT2D eigenvalue weighted by Crippen LogP contribution is 2.58. The second kappa shape index (κ2) is 3.37. The van der Waals surface area contributed by atoms with Gasteiger partial charge in [-0.25, -0.2) is 4.84 Å². The maximum absolute atomic E-state index is 12.5. The van der Waals surface area contributed by atoms with Crippen molar-refractivity contribution in [3.8, 4) is 0 Å². The molecule has 0 amide bonds. The predicted octanol–water partition coefficient (Wildman–Crippen LogP) is 3.21. The molecule has 0 aromatic rings. The van der Waals surface area contributed by atoms with Crippen LogP contribution in [-0.4, -0.2) is 35.4 Å². The van der Waals surface area contributed by atoms with Crippen molar-refractivity contribution >= 4 is 0 Å². The number of hydrogen-bond donors (Lipinski definition) is 0. The Balaban J connectivity index is 3.12. The van der Waals surface area contributed by atoms with Gasteiger partial charge in [-0.1, -0.05) is 0 Å². The largest absolute Gasteiger partial charge is 0.461 e. The van der Waals surface area contributed by atoms with Gasteiger partial charge < -0.3 is 0 Å². The van der Waals surface area contributed by atoms with E-state index in [0.29, 0.717) is 0 Å². The van der Waals surface area contributed by atoms with E-state index in [0.717, 1.165) is 0 Å². The molecule has 0 radical (unpaired) electrons. The van der Waals surface area contributed by atoms with Gasteiger partial charge >= 0.3 is 30.3 Å². The SMILES string of the molecule is FC(F)(F)C(F)(F)C(F)(F)N1OC(F)(F)C1(F)F. The lowest BCUT2D eigenvalue weighted by Gasteiger charge is -2.48. The van der Waals surface area contributed by atoms with Crippen LogP contribution in [-0.2, 0) is 4.84 Å². The van der Waals surface area contributed by atoms with E-state index in [2.05, 4.69) is 4.84 Å². The van der Waals surface area contributed by atoms with Crippen molar-refractivity contribution in [3.05, 3.63) is 0 Å². The molecule has 108 valence electrons. The van der Waals surface area contributed by atoms with Gasteiger partial charge in [-0.05, 0) is 5.06 Å². The molecule has 0 aromatic carbocycles. The zero-order valence-electron chi connectivity index (χ0n) is 7.51. The molecule has 0 aromatic heterocycles. The lowest BCUT2D eigenvalue weighted by Crippen LogP contribution is -2.77. The van der Waals surface area contributed by atoms with Crippen LogP contribution >= 0.6 is 0 Å². The lowest BCUT2D eigenvalue weighted by molar-refractivity contribution is -0.649. The Morgan fingerprint density at radius 3 is 1.39 bits per heavy atom. The molecular weight excluding hydrogens is 299 g/mol. The van der Waals surface area contributed by atoms with Gasteiger partial charge in [0.25, 0.3) is 0 Å². The van der Waals surface area contributed by atoms with E-state index in [1.54, 1.807) is 0 Å². The van der Waals surface area contributed by atoms with E-state index < -0.39 is 35.4 Å². The van der Waals surface area contributed by atoms with Crippen molar-refractivity contribution in [1.82, 2.24) is 5.06 Å². The molecule has 0 spiro atoms. The van der Waals surface area contributed by atoms with Gasteiger partial charge in [0.2, 0.25) is 0 Å². The van der Waals surface area contributed by atoms with E-state index in [4.69, 9.17) is 0 Å². The Bertz CT molecular complexity index is 346. The second-order valence-corrected chi connectivity index (χ2v) is 3.06. The number of halogens is 11. The Morgan fingerprint density at radius 1 is 0.778 bits per heavy atom. The van der Waals surface area contributed by atoms with Crippen LogP contribution in [0.4, 0.5) is 48.3 Å². The van der Waals surface area contributed by atoms with Crippen molar-refractivity contribution in [2.24, 2.45) is 0 Å². The van der Waals surface area contributed by atoms with Gasteiger partial charge in [0.05, 0.1) is 0 Å². The first kappa shape index (κ1) is 15.2. The zero-order valence-corrected chi connectivity index (χ0v) is 7.51. The van der Waals surface area contributed by atoms with Crippen molar-refractivity contribution in [3.63, 3.8) is 0 Å². The van der Waals surface area contributed by atoms with Crippen molar-refractivity contribution in [1.29, 1.82) is 0 Å². The Kier molecular flexibility index (Phi) is 2.85. The number of alkyl halides is 11. The minimum absolute atomic E-state index is 2.31. The van der Waals surface area contributed by atoms with Gasteiger partial charge in [-0.15, -0.1) is 0 Å². The summed E-state index contributed by atoms with van der Waals surface area (Å²) in [6, 6.07) is -12.7. The summed E-state index contributed by atoms with van der Waals surface area (Å²) in [7, 11) is 0. The summed E-state index contributed by atoms with van der Waals surface area (Å²) >= 11 is 0. The molecule has 1 aliphatic rings. The molecule has 1 heterocycles. The molecule has 18 heavy (non-hydrogen) atoms. The van der Waals surface area contributed by atoms with Crippen LogP contribution in [0, 0.1) is 0 Å². The summed E-state index contributed by atoms with van der Waals surface area (Å²) in [5, 5.41) is -2.67.